The summed E-state index contributed by atoms with van der Waals surface area (Å²) in [6.07, 6.45) is 4.22. The molecule has 0 N–H and O–H groups in total. The largest absolute Gasteiger partial charge is 0.337 e. The van der Waals surface area contributed by atoms with Gasteiger partial charge in [0.05, 0.1) is 5.69 Å². The van der Waals surface area contributed by atoms with E-state index in [0.29, 0.717) is 10.7 Å². The van der Waals surface area contributed by atoms with Gasteiger partial charge in [-0.3, -0.25) is 9.59 Å². The van der Waals surface area contributed by atoms with E-state index in [1.54, 1.807) is 35.7 Å². The molecular formula is C18H20ClN3O2. The number of nitrogens with zero attached hydrogens (tertiary/aromatic N) is 3. The minimum absolute atomic E-state index is 0.0371. The van der Waals surface area contributed by atoms with Crippen LogP contribution in [0.5, 0.6) is 0 Å². The summed E-state index contributed by atoms with van der Waals surface area (Å²) in [4.78, 5) is 26.7. The van der Waals surface area contributed by atoms with Crippen LogP contribution in [0.4, 0.5) is 0 Å². The van der Waals surface area contributed by atoms with Gasteiger partial charge >= 0.3 is 0 Å². The molecule has 6 heteroatoms. The second-order valence-electron chi connectivity index (χ2n) is 6.24. The van der Waals surface area contributed by atoms with Crippen LogP contribution in [0.2, 0.25) is 5.02 Å². The van der Waals surface area contributed by atoms with Crippen molar-refractivity contribution in [1.29, 1.82) is 0 Å². The third-order valence-corrected chi connectivity index (χ3v) is 4.83. The summed E-state index contributed by atoms with van der Waals surface area (Å²) in [5, 5.41) is 4.95. The van der Waals surface area contributed by atoms with Gasteiger partial charge in [0.25, 0.3) is 5.91 Å². The molecular weight excluding hydrogens is 326 g/mol. The van der Waals surface area contributed by atoms with Crippen molar-refractivity contribution in [2.75, 3.05) is 7.05 Å². The van der Waals surface area contributed by atoms with Crippen molar-refractivity contribution in [3.05, 3.63) is 57.0 Å². The molecule has 0 aliphatic heterocycles. The molecule has 1 amide bonds. The summed E-state index contributed by atoms with van der Waals surface area (Å²) in [6.45, 7) is 1.79. The Morgan fingerprint density at radius 3 is 2.50 bits per heavy atom. The molecule has 2 aromatic rings. The molecule has 0 saturated heterocycles. The molecule has 24 heavy (non-hydrogen) atoms. The van der Waals surface area contributed by atoms with Crippen LogP contribution in [0.1, 0.15) is 41.9 Å². The molecule has 126 valence electrons. The third kappa shape index (κ3) is 3.22. The Balaban J connectivity index is 1.99. The summed E-state index contributed by atoms with van der Waals surface area (Å²) < 4.78 is 1.60. The molecule has 3 rings (SSSR count). The van der Waals surface area contributed by atoms with Gasteiger partial charge in [0.15, 0.2) is 5.69 Å². The van der Waals surface area contributed by atoms with Crippen LogP contribution in [0.3, 0.4) is 0 Å². The minimum atomic E-state index is -0.340. The lowest BCUT2D eigenvalue weighted by Gasteiger charge is -2.24. The van der Waals surface area contributed by atoms with Crippen molar-refractivity contribution >= 4 is 17.5 Å². The Labute approximate surface area is 145 Å². The number of aryl methyl sites for hydroxylation is 1. The van der Waals surface area contributed by atoms with Crippen LogP contribution >= 0.6 is 11.6 Å². The quantitative estimate of drug-likeness (QED) is 0.858. The topological polar surface area (TPSA) is 55.2 Å². The normalized spacial score (nSPS) is 14.8. The molecule has 1 aliphatic carbocycles. The van der Waals surface area contributed by atoms with Crippen LogP contribution in [0, 0.1) is 6.92 Å². The zero-order valence-corrected chi connectivity index (χ0v) is 14.6. The van der Waals surface area contributed by atoms with Crippen LogP contribution < -0.4 is 5.43 Å². The molecule has 0 bridgehead atoms. The first-order valence-electron chi connectivity index (χ1n) is 8.11. The average Bonchev–Trinajstić information content (AvgIpc) is 3.09. The molecule has 0 atom stereocenters. The highest BCUT2D eigenvalue weighted by molar-refractivity contribution is 6.30. The third-order valence-electron chi connectivity index (χ3n) is 4.57. The number of carbonyl (C=O) groups is 1. The van der Waals surface area contributed by atoms with E-state index in [2.05, 4.69) is 5.10 Å². The Morgan fingerprint density at radius 2 is 1.88 bits per heavy atom. The molecule has 0 unspecified atom stereocenters. The van der Waals surface area contributed by atoms with Gasteiger partial charge in [-0.15, -0.1) is 0 Å². The number of aromatic nitrogens is 2. The van der Waals surface area contributed by atoms with Crippen LogP contribution in [0.15, 0.2) is 35.1 Å². The van der Waals surface area contributed by atoms with Crippen molar-refractivity contribution < 1.29 is 4.79 Å². The van der Waals surface area contributed by atoms with E-state index in [9.17, 15) is 9.59 Å². The molecule has 1 heterocycles. The van der Waals surface area contributed by atoms with Crippen LogP contribution in [-0.4, -0.2) is 33.7 Å². The lowest BCUT2D eigenvalue weighted by molar-refractivity contribution is 0.0725. The second-order valence-corrected chi connectivity index (χ2v) is 6.68. The maximum absolute atomic E-state index is 12.7. The van der Waals surface area contributed by atoms with Gasteiger partial charge in [0.2, 0.25) is 5.43 Å². The molecule has 5 nitrogen and oxygen atoms in total. The smallest absolute Gasteiger partial charge is 0.278 e. The highest BCUT2D eigenvalue weighted by Crippen LogP contribution is 2.23. The number of halogens is 1. The summed E-state index contributed by atoms with van der Waals surface area (Å²) in [5.74, 6) is -0.311. The van der Waals surface area contributed by atoms with E-state index in [1.165, 1.54) is 6.07 Å². The Bertz CT molecular complexity index is 808. The van der Waals surface area contributed by atoms with Gasteiger partial charge in [-0.05, 0) is 44.0 Å². The zero-order valence-electron chi connectivity index (χ0n) is 13.8. The summed E-state index contributed by atoms with van der Waals surface area (Å²) in [5.41, 5.74) is 1.05. The summed E-state index contributed by atoms with van der Waals surface area (Å²) >= 11 is 5.92. The fraction of sp³-hybridized carbons (Fsp3) is 0.389. The molecule has 1 aromatic carbocycles. The average molecular weight is 346 g/mol. The van der Waals surface area contributed by atoms with E-state index in [-0.39, 0.29) is 23.1 Å². The number of rotatable bonds is 3. The number of hydrogen-bond donors (Lipinski definition) is 0. The van der Waals surface area contributed by atoms with Crippen molar-refractivity contribution in [3.63, 3.8) is 0 Å². The van der Waals surface area contributed by atoms with E-state index < -0.39 is 0 Å². The van der Waals surface area contributed by atoms with E-state index in [4.69, 9.17) is 11.6 Å². The molecule has 1 aromatic heterocycles. The Morgan fingerprint density at radius 1 is 1.25 bits per heavy atom. The van der Waals surface area contributed by atoms with Crippen molar-refractivity contribution in [2.45, 2.75) is 38.6 Å². The highest BCUT2D eigenvalue weighted by Gasteiger charge is 2.27. The zero-order chi connectivity index (χ0) is 17.3. The molecule has 1 aliphatic rings. The first-order valence-corrected chi connectivity index (χ1v) is 8.49. The first kappa shape index (κ1) is 16.7. The highest BCUT2D eigenvalue weighted by atomic mass is 35.5. The minimum Gasteiger partial charge on any atom is -0.337 e. The van der Waals surface area contributed by atoms with E-state index >= 15 is 0 Å². The predicted octanol–water partition coefficient (Wildman–Crippen LogP) is 3.21. The first-order chi connectivity index (χ1) is 11.5. The predicted molar refractivity (Wildman–Crippen MR) is 93.9 cm³/mol. The maximum atomic E-state index is 12.7. The van der Waals surface area contributed by atoms with Gasteiger partial charge in [-0.25, -0.2) is 4.68 Å². The fourth-order valence-electron chi connectivity index (χ4n) is 3.16. The van der Waals surface area contributed by atoms with Gasteiger partial charge in [0, 0.05) is 29.9 Å². The fourth-order valence-corrected chi connectivity index (χ4v) is 3.29. The van der Waals surface area contributed by atoms with Crippen molar-refractivity contribution in [2.24, 2.45) is 0 Å². The lowest BCUT2D eigenvalue weighted by atomic mass is 10.2. The lowest BCUT2D eigenvalue weighted by Crippen LogP contribution is -2.39. The van der Waals surface area contributed by atoms with Crippen LogP contribution in [0.25, 0.3) is 5.69 Å². The van der Waals surface area contributed by atoms with E-state index in [0.717, 1.165) is 31.4 Å². The van der Waals surface area contributed by atoms with Crippen LogP contribution in [-0.2, 0) is 0 Å². The standard InChI is InChI=1S/C18H20ClN3O2/c1-12-11-16(23)17(18(24)21(2)14-5-3-4-6-14)20-22(12)15-9-7-13(19)8-10-15/h7-11,14H,3-6H2,1-2H3. The van der Waals surface area contributed by atoms with Gasteiger partial charge < -0.3 is 4.90 Å². The number of benzene rings is 1. The Kier molecular flexibility index (Phi) is 4.71. The second kappa shape index (κ2) is 6.77. The van der Waals surface area contributed by atoms with Crippen molar-refractivity contribution in [3.8, 4) is 5.69 Å². The SMILES string of the molecule is Cc1cc(=O)c(C(=O)N(C)C2CCCC2)nn1-c1ccc(Cl)cc1. The molecule has 1 saturated carbocycles. The van der Waals surface area contributed by atoms with Gasteiger partial charge in [0.1, 0.15) is 0 Å². The number of amides is 1. The molecule has 0 spiro atoms. The Hall–Kier alpha value is -2.14. The van der Waals surface area contributed by atoms with Crippen molar-refractivity contribution in [1.82, 2.24) is 14.7 Å². The summed E-state index contributed by atoms with van der Waals surface area (Å²) in [7, 11) is 1.76. The maximum Gasteiger partial charge on any atom is 0.278 e. The number of carbonyl (C=O) groups excluding carboxylic acids is 1. The molecule has 1 fully saturated rings. The van der Waals surface area contributed by atoms with Gasteiger partial charge in [-0.2, -0.15) is 5.10 Å². The van der Waals surface area contributed by atoms with Gasteiger partial charge in [-0.1, -0.05) is 24.4 Å². The van der Waals surface area contributed by atoms with E-state index in [1.807, 2.05) is 12.1 Å². The monoisotopic (exact) mass is 345 g/mol. The summed E-state index contributed by atoms with van der Waals surface area (Å²) in [6, 6.07) is 8.77. The number of hydrogen-bond acceptors (Lipinski definition) is 3. The molecule has 0 radical (unpaired) electrons.